The van der Waals surface area contributed by atoms with E-state index in [0.29, 0.717) is 0 Å². The quantitative estimate of drug-likeness (QED) is 0.641. The second-order valence-electron chi connectivity index (χ2n) is 4.59. The summed E-state index contributed by atoms with van der Waals surface area (Å²) in [6, 6.07) is 4.13. The number of hydrogen-bond donors (Lipinski definition) is 0. The van der Waals surface area contributed by atoms with Crippen LogP contribution in [0.1, 0.15) is 0 Å². The highest BCUT2D eigenvalue weighted by Gasteiger charge is 2.32. The van der Waals surface area contributed by atoms with E-state index in [4.69, 9.17) is 12.6 Å². The fourth-order valence-electron chi connectivity index (χ4n) is 1.19. The molecule has 0 spiro atoms. The van der Waals surface area contributed by atoms with Crippen LogP contribution in [0.4, 0.5) is 0 Å². The van der Waals surface area contributed by atoms with Crippen LogP contribution in [0.5, 0.6) is 0 Å². The van der Waals surface area contributed by atoms with Crippen LogP contribution in [0.2, 0.25) is 26.2 Å². The van der Waals surface area contributed by atoms with E-state index in [9.17, 15) is 0 Å². The molecule has 0 aliphatic carbocycles. The molecule has 0 saturated carbocycles. The fourth-order valence-corrected chi connectivity index (χ4v) is 4.58. The molecule has 1 rings (SSSR count). The van der Waals surface area contributed by atoms with Gasteiger partial charge in [-0.3, -0.25) is 0 Å². The van der Waals surface area contributed by atoms with E-state index < -0.39 is 16.6 Å². The molecule has 15 heavy (non-hydrogen) atoms. The number of hydrogen-bond acceptors (Lipinski definition) is 3. The summed E-state index contributed by atoms with van der Waals surface area (Å²) in [6.45, 7) is 8.66. The van der Waals surface area contributed by atoms with E-state index >= 15 is 0 Å². The first-order valence-corrected chi connectivity index (χ1v) is 12.5. The third-order valence-electron chi connectivity index (χ3n) is 2.81. The monoisotopic (exact) mass is 276 g/mol. The van der Waals surface area contributed by atoms with Crippen LogP contribution >= 0.6 is 0 Å². The molecule has 0 aliphatic rings. The molecule has 0 N–H and O–H groups in total. The van der Waals surface area contributed by atoms with Crippen molar-refractivity contribution in [3.8, 4) is 0 Å². The maximum Gasteiger partial charge on any atom is 0.246 e. The minimum atomic E-state index is -1.75. The highest BCUT2D eigenvalue weighted by Crippen LogP contribution is 2.07. The smallest absolute Gasteiger partial charge is 0.246 e. The Kier molecular flexibility index (Phi) is 3.95. The third kappa shape index (κ3) is 2.80. The van der Waals surface area contributed by atoms with E-state index in [2.05, 4.69) is 38.3 Å². The Morgan fingerprint density at radius 2 is 1.27 bits per heavy atom. The van der Waals surface area contributed by atoms with Gasteiger partial charge in [0.05, 0.1) is 0 Å². The molecule has 1 aromatic rings. The van der Waals surface area contributed by atoms with Gasteiger partial charge in [-0.1, -0.05) is 0 Å². The Morgan fingerprint density at radius 1 is 0.933 bits per heavy atom. The van der Waals surface area contributed by atoms with Crippen LogP contribution in [0.15, 0.2) is 16.5 Å². The van der Waals surface area contributed by atoms with Gasteiger partial charge >= 0.3 is 0 Å². The molecule has 0 bridgehead atoms. The number of furan rings is 1. The predicted octanol–water partition coefficient (Wildman–Crippen LogP) is -1.30. The van der Waals surface area contributed by atoms with Crippen molar-refractivity contribution >= 4 is 48.4 Å². The Hall–Kier alpha value is 0.0675. The van der Waals surface area contributed by atoms with Gasteiger partial charge in [0.1, 0.15) is 31.7 Å². The molecule has 0 amide bonds. The van der Waals surface area contributed by atoms with Crippen molar-refractivity contribution in [2.45, 2.75) is 26.2 Å². The summed E-state index contributed by atoms with van der Waals surface area (Å²) in [5.74, 6) is 0. The van der Waals surface area contributed by atoms with Crippen LogP contribution in [-0.4, -0.2) is 37.6 Å². The second-order valence-corrected chi connectivity index (χ2v) is 14.9. The van der Waals surface area contributed by atoms with Crippen molar-refractivity contribution in [3.63, 3.8) is 0 Å². The van der Waals surface area contributed by atoms with Gasteiger partial charge < -0.3 is 12.6 Å². The van der Waals surface area contributed by atoms with Gasteiger partial charge in [-0.05, 0) is 38.3 Å². The van der Waals surface area contributed by atoms with Gasteiger partial charge in [-0.15, -0.1) is 0 Å². The summed E-state index contributed by atoms with van der Waals surface area (Å²) < 4.78 is 17.2. The van der Waals surface area contributed by atoms with Crippen molar-refractivity contribution in [1.82, 2.24) is 0 Å². The first-order chi connectivity index (χ1) is 6.83. The average molecular weight is 277 g/mol. The zero-order valence-electron chi connectivity index (χ0n) is 10.4. The molecule has 0 aromatic carbocycles. The average Bonchev–Trinajstić information content (AvgIpc) is 2.67. The van der Waals surface area contributed by atoms with Crippen LogP contribution in [-0.2, 0) is 8.23 Å². The van der Waals surface area contributed by atoms with Crippen molar-refractivity contribution in [3.05, 3.63) is 12.1 Å². The highest BCUT2D eigenvalue weighted by atomic mass is 28.4. The molecule has 0 unspecified atom stereocenters. The maximum atomic E-state index is 5.91. The molecule has 0 aliphatic heterocycles. The van der Waals surface area contributed by atoms with Gasteiger partial charge in [0.2, 0.25) is 16.6 Å². The minimum absolute atomic E-state index is 0.770. The summed E-state index contributed by atoms with van der Waals surface area (Å²) in [4.78, 5) is 0. The topological polar surface area (TPSA) is 31.6 Å². The predicted molar refractivity (Wildman–Crippen MR) is 75.0 cm³/mol. The summed E-state index contributed by atoms with van der Waals surface area (Å²) in [7, 11) is -1.96. The Bertz CT molecular complexity index is 304. The molecule has 0 atom stereocenters. The van der Waals surface area contributed by atoms with Crippen molar-refractivity contribution in [2.24, 2.45) is 0 Å². The Labute approximate surface area is 99.5 Å². The third-order valence-corrected chi connectivity index (χ3v) is 13.9. The second kappa shape index (κ2) is 4.51. The summed E-state index contributed by atoms with van der Waals surface area (Å²) in [5.41, 5.74) is 0. The van der Waals surface area contributed by atoms with Crippen molar-refractivity contribution < 1.29 is 12.6 Å². The summed E-state index contributed by atoms with van der Waals surface area (Å²) >= 11 is 0. The highest BCUT2D eigenvalue weighted by molar-refractivity contribution is 6.87. The van der Waals surface area contributed by atoms with E-state index in [1.165, 1.54) is 0 Å². The zero-order chi connectivity index (χ0) is 11.7. The molecule has 1 aromatic heterocycles. The molecule has 0 fully saturated rings. The molecule has 1 heterocycles. The van der Waals surface area contributed by atoms with Crippen LogP contribution < -0.4 is 10.8 Å². The van der Waals surface area contributed by atoms with Crippen LogP contribution in [0.3, 0.4) is 0 Å². The van der Waals surface area contributed by atoms with Gasteiger partial charge in [-0.25, -0.2) is 0 Å². The molecule has 7 heteroatoms. The molecule has 0 radical (unpaired) electrons. The Morgan fingerprint density at radius 3 is 1.53 bits per heavy atom. The van der Waals surface area contributed by atoms with Crippen molar-refractivity contribution in [2.75, 3.05) is 0 Å². The van der Waals surface area contributed by atoms with Gasteiger partial charge in [0.15, 0.2) is 0 Å². The molecule has 3 nitrogen and oxygen atoms in total. The lowest BCUT2D eigenvalue weighted by Gasteiger charge is -2.20. The normalized spacial score (nSPS) is 13.6. The van der Waals surface area contributed by atoms with E-state index in [1.807, 2.05) is 0 Å². The fraction of sp³-hybridized carbons (Fsp3) is 0.500. The Balaban J connectivity index is 3.00. The lowest BCUT2D eigenvalue weighted by molar-refractivity contribution is 0.555. The largest absolute Gasteiger partial charge is 0.470 e. The van der Waals surface area contributed by atoms with Gasteiger partial charge in [-0.2, -0.15) is 0 Å². The number of rotatable bonds is 4. The van der Waals surface area contributed by atoms with Crippen molar-refractivity contribution in [1.29, 1.82) is 0 Å². The lowest BCUT2D eigenvalue weighted by atomic mass is 10.7. The maximum absolute atomic E-state index is 5.91. The van der Waals surface area contributed by atoms with E-state index in [1.54, 1.807) is 0 Å². The molecule has 86 valence electrons. The van der Waals surface area contributed by atoms with E-state index in [0.717, 1.165) is 31.7 Å². The van der Waals surface area contributed by atoms with Crippen LogP contribution in [0, 0.1) is 0 Å². The first-order valence-electron chi connectivity index (χ1n) is 5.04. The summed E-state index contributed by atoms with van der Waals surface area (Å²) in [5, 5.41) is 2.07. The zero-order valence-corrected chi connectivity index (χ0v) is 16.4. The molecule has 0 saturated heterocycles. The van der Waals surface area contributed by atoms with Gasteiger partial charge in [0, 0.05) is 0 Å². The molecular weight excluding hydrogens is 256 g/mol. The minimum Gasteiger partial charge on any atom is -0.470 e. The molecular formula is C8H20O3Si4. The lowest BCUT2D eigenvalue weighted by Crippen LogP contribution is -2.47. The first kappa shape index (κ1) is 13.1. The summed E-state index contributed by atoms with van der Waals surface area (Å²) in [6.07, 6.45) is 0. The van der Waals surface area contributed by atoms with E-state index in [-0.39, 0.29) is 0 Å². The SMILES string of the molecule is C[Si](C)(O[SiH3])c1ccc([Si](C)(C)O[SiH3])o1. The van der Waals surface area contributed by atoms with Crippen LogP contribution in [0.25, 0.3) is 0 Å². The van der Waals surface area contributed by atoms with Gasteiger partial charge in [0.25, 0.3) is 0 Å². The standard InChI is InChI=1S/C8H20O3Si4/c1-14(2,10-12)7-5-6-8(9-7)15(3,4)11-13/h5-6H,1-4,12-13H3.